The first kappa shape index (κ1) is 23.2. The number of methoxy groups -OCH3 is 2. The Bertz CT molecular complexity index is 1280. The second-order valence-corrected chi connectivity index (χ2v) is 9.13. The molecule has 0 fully saturated rings. The highest BCUT2D eigenvalue weighted by atomic mass is 32.2. The van der Waals surface area contributed by atoms with E-state index in [9.17, 15) is 13.2 Å². The van der Waals surface area contributed by atoms with Gasteiger partial charge in [0.05, 0.1) is 24.8 Å². The Kier molecular flexibility index (Phi) is 6.78. The van der Waals surface area contributed by atoms with E-state index in [1.54, 1.807) is 48.5 Å². The Morgan fingerprint density at radius 3 is 2.38 bits per heavy atom. The maximum Gasteiger partial charge on any atom is 0.264 e. The summed E-state index contributed by atoms with van der Waals surface area (Å²) < 4.78 is 49.8. The Morgan fingerprint density at radius 2 is 1.68 bits per heavy atom. The first-order valence-corrected chi connectivity index (χ1v) is 11.9. The van der Waals surface area contributed by atoms with Crippen LogP contribution < -0.4 is 28.6 Å². The summed E-state index contributed by atoms with van der Waals surface area (Å²) in [5.74, 6) is 1.27. The summed E-state index contributed by atoms with van der Waals surface area (Å²) in [6.45, 7) is 0.369. The lowest BCUT2D eigenvalue weighted by atomic mass is 10.2. The molecule has 0 bridgehead atoms. The van der Waals surface area contributed by atoms with E-state index in [1.165, 1.54) is 32.4 Å². The number of sulfonamides is 1. The Balaban J connectivity index is 1.67. The van der Waals surface area contributed by atoms with E-state index in [2.05, 4.69) is 5.32 Å². The van der Waals surface area contributed by atoms with Crippen molar-refractivity contribution in [3.8, 4) is 23.0 Å². The molecule has 0 unspecified atom stereocenters. The Labute approximate surface area is 197 Å². The third-order valence-electron chi connectivity index (χ3n) is 5.10. The molecule has 3 aromatic rings. The zero-order valence-corrected chi connectivity index (χ0v) is 19.5. The number of anilines is 2. The lowest BCUT2D eigenvalue weighted by Gasteiger charge is -2.26. The van der Waals surface area contributed by atoms with Gasteiger partial charge in [-0.05, 0) is 36.4 Å². The average Bonchev–Trinajstić information content (AvgIpc) is 2.87. The number of hydrogen-bond donors (Lipinski definition) is 1. The molecule has 1 aliphatic rings. The van der Waals surface area contributed by atoms with Crippen LogP contribution in [-0.4, -0.2) is 48.3 Å². The average molecular weight is 485 g/mol. The van der Waals surface area contributed by atoms with Gasteiger partial charge in [-0.1, -0.05) is 18.2 Å². The van der Waals surface area contributed by atoms with E-state index < -0.39 is 22.5 Å². The Morgan fingerprint density at radius 1 is 0.941 bits per heavy atom. The molecule has 1 amide bonds. The van der Waals surface area contributed by atoms with Crippen LogP contribution in [0, 0.1) is 0 Å². The quantitative estimate of drug-likeness (QED) is 0.523. The van der Waals surface area contributed by atoms with Gasteiger partial charge >= 0.3 is 0 Å². The van der Waals surface area contributed by atoms with Crippen LogP contribution >= 0.6 is 0 Å². The van der Waals surface area contributed by atoms with Gasteiger partial charge in [-0.2, -0.15) is 0 Å². The van der Waals surface area contributed by atoms with Crippen LogP contribution in [0.2, 0.25) is 0 Å². The normalized spacial score (nSPS) is 12.5. The third kappa shape index (κ3) is 4.86. The third-order valence-corrected chi connectivity index (χ3v) is 6.87. The summed E-state index contributed by atoms with van der Waals surface area (Å²) in [6, 6.07) is 17.6. The van der Waals surface area contributed by atoms with Gasteiger partial charge in [0.25, 0.3) is 10.0 Å². The predicted molar refractivity (Wildman–Crippen MR) is 127 cm³/mol. The van der Waals surface area contributed by atoms with Crippen molar-refractivity contribution in [2.24, 2.45) is 0 Å². The first-order chi connectivity index (χ1) is 16.4. The van der Waals surface area contributed by atoms with Crippen molar-refractivity contribution in [2.75, 3.05) is 43.6 Å². The van der Waals surface area contributed by atoms with E-state index in [0.717, 1.165) is 4.31 Å². The van der Waals surface area contributed by atoms with Crippen molar-refractivity contribution < 1.29 is 32.2 Å². The minimum absolute atomic E-state index is 0.0417. The van der Waals surface area contributed by atoms with E-state index >= 15 is 0 Å². The fourth-order valence-corrected chi connectivity index (χ4v) is 4.91. The second kappa shape index (κ2) is 9.92. The van der Waals surface area contributed by atoms with Crippen LogP contribution in [0.1, 0.15) is 0 Å². The number of amides is 1. The number of rotatable bonds is 8. The molecular weight excluding hydrogens is 460 g/mol. The monoisotopic (exact) mass is 484 g/mol. The molecule has 1 N–H and O–H groups in total. The first-order valence-electron chi connectivity index (χ1n) is 10.4. The van der Waals surface area contributed by atoms with Crippen molar-refractivity contribution >= 4 is 27.3 Å². The SMILES string of the molecule is COc1ccc(N(CC(=O)Nc2ccc3c(c2)OCCO3)S(=O)(=O)c2ccccc2)c(OC)c1. The largest absolute Gasteiger partial charge is 0.497 e. The van der Waals surface area contributed by atoms with Gasteiger partial charge in [-0.25, -0.2) is 8.42 Å². The molecule has 1 aliphatic heterocycles. The molecule has 0 saturated heterocycles. The van der Waals surface area contributed by atoms with Gasteiger partial charge in [0, 0.05) is 17.8 Å². The molecule has 9 nitrogen and oxygen atoms in total. The summed E-state index contributed by atoms with van der Waals surface area (Å²) in [5, 5.41) is 2.73. The van der Waals surface area contributed by atoms with Gasteiger partial charge in [-0.3, -0.25) is 9.10 Å². The number of carbonyl (C=O) groups is 1. The van der Waals surface area contributed by atoms with Crippen molar-refractivity contribution in [2.45, 2.75) is 4.90 Å². The van der Waals surface area contributed by atoms with Gasteiger partial charge in [0.2, 0.25) is 5.91 Å². The number of hydrogen-bond acceptors (Lipinski definition) is 7. The number of nitrogens with one attached hydrogen (secondary N) is 1. The van der Waals surface area contributed by atoms with Crippen LogP contribution in [0.3, 0.4) is 0 Å². The zero-order valence-electron chi connectivity index (χ0n) is 18.7. The summed E-state index contributed by atoms with van der Waals surface area (Å²) in [5.41, 5.74) is 0.650. The van der Waals surface area contributed by atoms with E-state index in [4.69, 9.17) is 18.9 Å². The van der Waals surface area contributed by atoms with Crippen LogP contribution in [0.4, 0.5) is 11.4 Å². The molecule has 0 aliphatic carbocycles. The molecular formula is C24H24N2O7S. The predicted octanol–water partition coefficient (Wildman–Crippen LogP) is 3.31. The molecule has 34 heavy (non-hydrogen) atoms. The lowest BCUT2D eigenvalue weighted by Crippen LogP contribution is -2.38. The highest BCUT2D eigenvalue weighted by molar-refractivity contribution is 7.92. The number of fused-ring (bicyclic) bond motifs is 1. The van der Waals surface area contributed by atoms with E-state index in [1.807, 2.05) is 0 Å². The van der Waals surface area contributed by atoms with Crippen molar-refractivity contribution in [1.29, 1.82) is 0 Å². The zero-order chi connectivity index (χ0) is 24.1. The maximum absolute atomic E-state index is 13.6. The molecule has 178 valence electrons. The fraction of sp³-hybridized carbons (Fsp3) is 0.208. The molecule has 0 aromatic heterocycles. The molecule has 0 atom stereocenters. The van der Waals surface area contributed by atoms with Crippen molar-refractivity contribution in [1.82, 2.24) is 0 Å². The number of benzene rings is 3. The van der Waals surface area contributed by atoms with Crippen molar-refractivity contribution in [3.63, 3.8) is 0 Å². The maximum atomic E-state index is 13.6. The minimum atomic E-state index is -4.10. The summed E-state index contributed by atoms with van der Waals surface area (Å²) >= 11 is 0. The Hall–Kier alpha value is -3.92. The standard InChI is InChI=1S/C24H24N2O7S/c1-30-18-9-10-20(22(15-18)31-2)26(34(28,29)19-6-4-3-5-7-19)16-24(27)25-17-8-11-21-23(14-17)33-13-12-32-21/h3-11,14-15H,12-13,16H2,1-2H3,(H,25,27). The molecule has 4 rings (SSSR count). The summed E-state index contributed by atoms with van der Waals surface area (Å²) in [4.78, 5) is 13.1. The fourth-order valence-electron chi connectivity index (χ4n) is 3.46. The molecule has 0 saturated carbocycles. The van der Waals surface area contributed by atoms with Gasteiger partial charge in [-0.15, -0.1) is 0 Å². The molecule has 1 heterocycles. The molecule has 0 spiro atoms. The highest BCUT2D eigenvalue weighted by Crippen LogP contribution is 2.36. The summed E-state index contributed by atoms with van der Waals surface area (Å²) in [6.07, 6.45) is 0. The molecule has 3 aromatic carbocycles. The lowest BCUT2D eigenvalue weighted by molar-refractivity contribution is -0.114. The smallest absolute Gasteiger partial charge is 0.264 e. The molecule has 0 radical (unpaired) electrons. The molecule has 10 heteroatoms. The second-order valence-electron chi connectivity index (χ2n) is 7.27. The van der Waals surface area contributed by atoms with Crippen molar-refractivity contribution in [3.05, 3.63) is 66.7 Å². The van der Waals surface area contributed by atoms with E-state index in [0.29, 0.717) is 36.1 Å². The minimum Gasteiger partial charge on any atom is -0.497 e. The van der Waals surface area contributed by atoms with Gasteiger partial charge in [0.1, 0.15) is 31.3 Å². The van der Waals surface area contributed by atoms with Crippen LogP contribution in [-0.2, 0) is 14.8 Å². The highest BCUT2D eigenvalue weighted by Gasteiger charge is 2.30. The number of nitrogens with zero attached hydrogens (tertiary/aromatic N) is 1. The summed E-state index contributed by atoms with van der Waals surface area (Å²) in [7, 11) is -1.19. The van der Waals surface area contributed by atoms with Crippen LogP contribution in [0.15, 0.2) is 71.6 Å². The van der Waals surface area contributed by atoms with Gasteiger partial charge < -0.3 is 24.3 Å². The van der Waals surface area contributed by atoms with E-state index in [-0.39, 0.29) is 16.3 Å². The van der Waals surface area contributed by atoms with Crippen LogP contribution in [0.25, 0.3) is 0 Å². The van der Waals surface area contributed by atoms with Crippen LogP contribution in [0.5, 0.6) is 23.0 Å². The number of carbonyl (C=O) groups excluding carboxylic acids is 1. The topological polar surface area (TPSA) is 103 Å². The van der Waals surface area contributed by atoms with Gasteiger partial charge in [0.15, 0.2) is 11.5 Å². The number of ether oxygens (including phenoxy) is 4.